The predicted molar refractivity (Wildman–Crippen MR) is 94.2 cm³/mol. The molecule has 3 nitrogen and oxygen atoms in total. The average molecular weight is 320 g/mol. The molecule has 0 aromatic rings. The molecule has 0 aromatic heterocycles. The predicted octanol–water partition coefficient (Wildman–Crippen LogP) is 3.92. The SMILES string of the molecule is C=C(C)C(O)CC[C@]1(C)/C=C/C[C@]2(C)O[C@@H]2CC/C(CO)=C\C1. The highest BCUT2D eigenvalue weighted by Crippen LogP contribution is 2.44. The van der Waals surface area contributed by atoms with Crippen molar-refractivity contribution in [3.63, 3.8) is 0 Å². The molecule has 0 amide bonds. The maximum atomic E-state index is 10.0. The van der Waals surface area contributed by atoms with E-state index >= 15 is 0 Å². The first-order valence-electron chi connectivity index (χ1n) is 8.76. The van der Waals surface area contributed by atoms with E-state index in [0.717, 1.165) is 49.7 Å². The summed E-state index contributed by atoms with van der Waals surface area (Å²) >= 11 is 0. The van der Waals surface area contributed by atoms with Crippen molar-refractivity contribution in [1.29, 1.82) is 0 Å². The Balaban J connectivity index is 2.10. The Labute approximate surface area is 140 Å². The first kappa shape index (κ1) is 18.4. The number of aliphatic hydroxyl groups is 2. The minimum atomic E-state index is -0.437. The largest absolute Gasteiger partial charge is 0.392 e. The van der Waals surface area contributed by atoms with Crippen LogP contribution in [0.1, 0.15) is 59.3 Å². The molecule has 4 atom stereocenters. The van der Waals surface area contributed by atoms with Crippen LogP contribution in [0.4, 0.5) is 0 Å². The third-order valence-corrected chi connectivity index (χ3v) is 5.42. The second-order valence-electron chi connectivity index (χ2n) is 7.84. The Morgan fingerprint density at radius 1 is 1.43 bits per heavy atom. The van der Waals surface area contributed by atoms with E-state index in [2.05, 4.69) is 38.7 Å². The lowest BCUT2D eigenvalue weighted by Gasteiger charge is -2.27. The van der Waals surface area contributed by atoms with Gasteiger partial charge in [-0.2, -0.15) is 0 Å². The molecule has 0 aromatic carbocycles. The molecule has 2 aliphatic rings. The van der Waals surface area contributed by atoms with E-state index in [1.807, 2.05) is 6.92 Å². The molecule has 2 N–H and O–H groups in total. The van der Waals surface area contributed by atoms with Gasteiger partial charge in [0.15, 0.2) is 0 Å². The van der Waals surface area contributed by atoms with Crippen LogP contribution in [0, 0.1) is 5.41 Å². The van der Waals surface area contributed by atoms with E-state index in [9.17, 15) is 10.2 Å². The lowest BCUT2D eigenvalue weighted by atomic mass is 9.79. The second kappa shape index (κ2) is 7.33. The van der Waals surface area contributed by atoms with Gasteiger partial charge in [0.2, 0.25) is 0 Å². The molecule has 1 fully saturated rings. The van der Waals surface area contributed by atoms with Crippen molar-refractivity contribution in [2.24, 2.45) is 5.41 Å². The number of hydrogen-bond acceptors (Lipinski definition) is 3. The van der Waals surface area contributed by atoms with Crippen LogP contribution in [0.25, 0.3) is 0 Å². The Kier molecular flexibility index (Phi) is 5.88. The summed E-state index contributed by atoms with van der Waals surface area (Å²) in [5.41, 5.74) is 1.88. The summed E-state index contributed by atoms with van der Waals surface area (Å²) in [6, 6.07) is 0. The van der Waals surface area contributed by atoms with Gasteiger partial charge in [0, 0.05) is 0 Å². The fourth-order valence-electron chi connectivity index (χ4n) is 3.32. The van der Waals surface area contributed by atoms with Gasteiger partial charge in [-0.15, -0.1) is 0 Å². The number of fused-ring (bicyclic) bond motifs is 1. The normalized spacial score (nSPS) is 39.3. The zero-order chi connectivity index (χ0) is 17.1. The van der Waals surface area contributed by atoms with Gasteiger partial charge in [0.05, 0.1) is 24.4 Å². The number of ether oxygens (including phenoxy) is 1. The van der Waals surface area contributed by atoms with Crippen LogP contribution < -0.4 is 0 Å². The topological polar surface area (TPSA) is 53.0 Å². The molecule has 3 heteroatoms. The number of epoxide rings is 1. The van der Waals surface area contributed by atoms with Gasteiger partial charge in [-0.1, -0.05) is 37.3 Å². The first-order chi connectivity index (χ1) is 10.8. The maximum Gasteiger partial charge on any atom is 0.0954 e. The zero-order valence-corrected chi connectivity index (χ0v) is 14.8. The highest BCUT2D eigenvalue weighted by Gasteiger charge is 2.50. The monoisotopic (exact) mass is 320 g/mol. The summed E-state index contributed by atoms with van der Waals surface area (Å²) in [5, 5.41) is 19.6. The third-order valence-electron chi connectivity index (χ3n) is 5.42. The van der Waals surface area contributed by atoms with Crippen molar-refractivity contribution < 1.29 is 14.9 Å². The lowest BCUT2D eigenvalue weighted by molar-refractivity contribution is 0.180. The van der Waals surface area contributed by atoms with E-state index in [1.165, 1.54) is 0 Å². The fourth-order valence-corrected chi connectivity index (χ4v) is 3.32. The molecular formula is C20H32O3. The van der Waals surface area contributed by atoms with E-state index in [4.69, 9.17) is 4.74 Å². The number of aliphatic hydroxyl groups excluding tert-OH is 2. The summed E-state index contributed by atoms with van der Waals surface area (Å²) in [6.07, 6.45) is 11.9. The first-order valence-corrected chi connectivity index (χ1v) is 8.76. The summed E-state index contributed by atoms with van der Waals surface area (Å²) in [7, 11) is 0. The molecule has 1 unspecified atom stereocenters. The van der Waals surface area contributed by atoms with Gasteiger partial charge in [-0.05, 0) is 63.4 Å². The van der Waals surface area contributed by atoms with Crippen LogP contribution in [0.3, 0.4) is 0 Å². The number of allylic oxidation sites excluding steroid dienone is 2. The summed E-state index contributed by atoms with van der Waals surface area (Å²) in [4.78, 5) is 0. The average Bonchev–Trinajstić information content (AvgIpc) is 3.14. The van der Waals surface area contributed by atoms with Gasteiger partial charge in [0.1, 0.15) is 0 Å². The van der Waals surface area contributed by atoms with Crippen LogP contribution in [0.5, 0.6) is 0 Å². The van der Waals surface area contributed by atoms with Crippen LogP contribution in [-0.4, -0.2) is 34.6 Å². The zero-order valence-electron chi connectivity index (χ0n) is 14.8. The Hall–Kier alpha value is -0.900. The molecule has 2 rings (SSSR count). The van der Waals surface area contributed by atoms with Crippen molar-refractivity contribution in [2.45, 2.75) is 77.1 Å². The van der Waals surface area contributed by atoms with E-state index in [1.54, 1.807) is 0 Å². The maximum absolute atomic E-state index is 10.0. The van der Waals surface area contributed by atoms with Gasteiger partial charge in [-0.3, -0.25) is 0 Å². The smallest absolute Gasteiger partial charge is 0.0954 e. The number of hydrogen-bond donors (Lipinski definition) is 2. The molecule has 1 saturated heterocycles. The summed E-state index contributed by atoms with van der Waals surface area (Å²) in [5.74, 6) is 0. The lowest BCUT2D eigenvalue weighted by Crippen LogP contribution is -2.18. The minimum absolute atomic E-state index is 0.0120. The molecule has 1 aliphatic heterocycles. The highest BCUT2D eigenvalue weighted by molar-refractivity contribution is 5.14. The molecule has 0 saturated carbocycles. The van der Waals surface area contributed by atoms with E-state index < -0.39 is 6.10 Å². The molecule has 0 bridgehead atoms. The molecule has 23 heavy (non-hydrogen) atoms. The fraction of sp³-hybridized carbons (Fsp3) is 0.700. The second-order valence-corrected chi connectivity index (χ2v) is 7.84. The van der Waals surface area contributed by atoms with E-state index in [0.29, 0.717) is 6.10 Å². The summed E-state index contributed by atoms with van der Waals surface area (Å²) in [6.45, 7) is 10.2. The van der Waals surface area contributed by atoms with Crippen molar-refractivity contribution in [2.75, 3.05) is 6.61 Å². The Bertz CT molecular complexity index is 493. The van der Waals surface area contributed by atoms with Crippen LogP contribution in [0.15, 0.2) is 36.0 Å². The van der Waals surface area contributed by atoms with Gasteiger partial charge >= 0.3 is 0 Å². The quantitative estimate of drug-likeness (QED) is 0.596. The molecule has 130 valence electrons. The minimum Gasteiger partial charge on any atom is -0.392 e. The Morgan fingerprint density at radius 2 is 2.17 bits per heavy atom. The molecule has 1 heterocycles. The number of rotatable bonds is 5. The van der Waals surface area contributed by atoms with Crippen molar-refractivity contribution >= 4 is 0 Å². The molecular weight excluding hydrogens is 288 g/mol. The van der Waals surface area contributed by atoms with Crippen molar-refractivity contribution in [3.05, 3.63) is 36.0 Å². The standard InChI is InChI=1S/C20H32O3/c1-15(2)17(22)9-13-19(3)10-5-11-20(4)18(23-20)7-6-16(14-21)8-12-19/h5,8,10,17-18,21-22H,1,6-7,9,11-14H2,2-4H3/b10-5+,16-8+/t17?,18-,19-,20+/m1/s1. The summed E-state index contributed by atoms with van der Waals surface area (Å²) < 4.78 is 5.86. The molecule has 0 spiro atoms. The molecule has 1 aliphatic carbocycles. The van der Waals surface area contributed by atoms with Crippen molar-refractivity contribution in [1.82, 2.24) is 0 Å². The van der Waals surface area contributed by atoms with Gasteiger partial charge in [0.25, 0.3) is 0 Å². The van der Waals surface area contributed by atoms with Crippen LogP contribution in [0.2, 0.25) is 0 Å². The Morgan fingerprint density at radius 3 is 2.83 bits per heavy atom. The van der Waals surface area contributed by atoms with Crippen LogP contribution >= 0.6 is 0 Å². The van der Waals surface area contributed by atoms with Crippen molar-refractivity contribution in [3.8, 4) is 0 Å². The molecule has 0 radical (unpaired) electrons. The van der Waals surface area contributed by atoms with Gasteiger partial charge in [-0.25, -0.2) is 0 Å². The third kappa shape index (κ3) is 5.03. The highest BCUT2D eigenvalue weighted by atomic mass is 16.6. The van der Waals surface area contributed by atoms with E-state index in [-0.39, 0.29) is 17.6 Å². The van der Waals surface area contributed by atoms with Gasteiger partial charge < -0.3 is 14.9 Å². The van der Waals surface area contributed by atoms with Crippen LogP contribution in [-0.2, 0) is 4.74 Å².